The van der Waals surface area contributed by atoms with E-state index in [1.54, 1.807) is 24.3 Å². The van der Waals surface area contributed by atoms with Gasteiger partial charge in [0.2, 0.25) is 5.91 Å². The third kappa shape index (κ3) is 4.66. The Labute approximate surface area is 124 Å². The largest absolute Gasteiger partial charge is 0.385 e. The van der Waals surface area contributed by atoms with Crippen LogP contribution in [0.4, 0.5) is 11.4 Å². The van der Waals surface area contributed by atoms with Gasteiger partial charge < -0.3 is 10.6 Å². The van der Waals surface area contributed by atoms with E-state index >= 15 is 0 Å². The molecule has 0 atom stereocenters. The first-order chi connectivity index (χ1) is 10.2. The smallest absolute Gasteiger partial charge is 0.226 e. The molecule has 0 bridgehead atoms. The van der Waals surface area contributed by atoms with Crippen molar-refractivity contribution in [2.24, 2.45) is 0 Å². The molecule has 0 saturated heterocycles. The van der Waals surface area contributed by atoms with Crippen LogP contribution in [0.2, 0.25) is 0 Å². The molecule has 0 fully saturated rings. The second-order valence-electron chi connectivity index (χ2n) is 4.78. The van der Waals surface area contributed by atoms with Gasteiger partial charge in [-0.2, -0.15) is 5.26 Å². The van der Waals surface area contributed by atoms with Crippen LogP contribution >= 0.6 is 0 Å². The molecule has 0 spiro atoms. The van der Waals surface area contributed by atoms with Gasteiger partial charge in [-0.1, -0.05) is 17.7 Å². The Bertz CT molecular complexity index is 639. The van der Waals surface area contributed by atoms with Crippen molar-refractivity contribution in [2.75, 3.05) is 17.2 Å². The molecule has 1 amide bonds. The van der Waals surface area contributed by atoms with E-state index in [0.717, 1.165) is 5.69 Å². The summed E-state index contributed by atoms with van der Waals surface area (Å²) in [5.41, 5.74) is 3.49. The van der Waals surface area contributed by atoms with Gasteiger partial charge >= 0.3 is 0 Å². The maximum Gasteiger partial charge on any atom is 0.226 e. The zero-order chi connectivity index (χ0) is 15.1. The fraction of sp³-hybridized carbons (Fsp3) is 0.176. The average Bonchev–Trinajstić information content (AvgIpc) is 2.50. The van der Waals surface area contributed by atoms with Gasteiger partial charge in [0, 0.05) is 24.3 Å². The predicted octanol–water partition coefficient (Wildman–Crippen LogP) is 3.31. The molecule has 0 unspecified atom stereocenters. The fourth-order valence-corrected chi connectivity index (χ4v) is 1.84. The number of benzene rings is 2. The number of anilines is 2. The lowest BCUT2D eigenvalue weighted by atomic mass is 10.2. The Morgan fingerprint density at radius 3 is 2.29 bits per heavy atom. The molecule has 4 nitrogen and oxygen atoms in total. The summed E-state index contributed by atoms with van der Waals surface area (Å²) in [4.78, 5) is 11.8. The highest BCUT2D eigenvalue weighted by atomic mass is 16.1. The summed E-state index contributed by atoms with van der Waals surface area (Å²) in [5.74, 6) is -0.0562. The van der Waals surface area contributed by atoms with Crippen molar-refractivity contribution in [1.29, 1.82) is 5.26 Å². The lowest BCUT2D eigenvalue weighted by molar-refractivity contribution is -0.115. The van der Waals surface area contributed by atoms with E-state index in [1.807, 2.05) is 37.3 Å². The van der Waals surface area contributed by atoms with Gasteiger partial charge in [0.1, 0.15) is 0 Å². The Morgan fingerprint density at radius 1 is 1.05 bits per heavy atom. The van der Waals surface area contributed by atoms with Gasteiger partial charge in [-0.05, 0) is 43.3 Å². The number of carbonyl (C=O) groups is 1. The minimum Gasteiger partial charge on any atom is -0.385 e. The second-order valence-corrected chi connectivity index (χ2v) is 4.78. The quantitative estimate of drug-likeness (QED) is 0.882. The van der Waals surface area contributed by atoms with E-state index in [0.29, 0.717) is 24.2 Å². The number of nitriles is 1. The lowest BCUT2D eigenvalue weighted by Crippen LogP contribution is -2.16. The summed E-state index contributed by atoms with van der Waals surface area (Å²) in [6.45, 7) is 2.61. The number of carbonyl (C=O) groups excluding carboxylic acids is 1. The van der Waals surface area contributed by atoms with Crippen molar-refractivity contribution in [3.8, 4) is 6.07 Å². The number of amides is 1. The zero-order valence-corrected chi connectivity index (χ0v) is 11.9. The van der Waals surface area contributed by atoms with Crippen LogP contribution < -0.4 is 10.6 Å². The number of hydrogen-bond donors (Lipinski definition) is 2. The van der Waals surface area contributed by atoms with Crippen LogP contribution in [0, 0.1) is 18.3 Å². The molecular weight excluding hydrogens is 262 g/mol. The van der Waals surface area contributed by atoms with Crippen LogP contribution in [0.25, 0.3) is 0 Å². The molecule has 106 valence electrons. The van der Waals surface area contributed by atoms with E-state index in [1.165, 1.54) is 5.56 Å². The number of hydrogen-bond acceptors (Lipinski definition) is 3. The third-order valence-electron chi connectivity index (χ3n) is 3.03. The van der Waals surface area contributed by atoms with Crippen LogP contribution in [-0.2, 0) is 4.79 Å². The topological polar surface area (TPSA) is 64.9 Å². The first-order valence-electron chi connectivity index (χ1n) is 6.78. The average molecular weight is 279 g/mol. The predicted molar refractivity (Wildman–Crippen MR) is 84.1 cm³/mol. The third-order valence-corrected chi connectivity index (χ3v) is 3.03. The maximum atomic E-state index is 11.8. The lowest BCUT2D eigenvalue weighted by Gasteiger charge is -2.08. The van der Waals surface area contributed by atoms with Gasteiger partial charge in [0.05, 0.1) is 11.6 Å². The van der Waals surface area contributed by atoms with Crippen molar-refractivity contribution < 1.29 is 4.79 Å². The number of aryl methyl sites for hydroxylation is 1. The van der Waals surface area contributed by atoms with Crippen molar-refractivity contribution >= 4 is 17.3 Å². The molecule has 0 saturated carbocycles. The molecular formula is C17H17N3O. The van der Waals surface area contributed by atoms with Crippen LogP contribution in [0.3, 0.4) is 0 Å². The molecule has 0 aliphatic heterocycles. The highest BCUT2D eigenvalue weighted by molar-refractivity contribution is 5.91. The van der Waals surface area contributed by atoms with E-state index in [4.69, 9.17) is 5.26 Å². The number of nitrogens with one attached hydrogen (secondary N) is 2. The fourth-order valence-electron chi connectivity index (χ4n) is 1.84. The molecule has 0 radical (unpaired) electrons. The maximum absolute atomic E-state index is 11.8. The van der Waals surface area contributed by atoms with Gasteiger partial charge in [0.25, 0.3) is 0 Å². The summed E-state index contributed by atoms with van der Waals surface area (Å²) in [6, 6.07) is 16.9. The zero-order valence-electron chi connectivity index (χ0n) is 11.9. The Morgan fingerprint density at radius 2 is 1.67 bits per heavy atom. The molecule has 2 N–H and O–H groups in total. The SMILES string of the molecule is Cc1ccc(NCCC(=O)Nc2ccc(C#N)cc2)cc1. The van der Waals surface area contributed by atoms with Gasteiger partial charge in [-0.15, -0.1) is 0 Å². The molecule has 21 heavy (non-hydrogen) atoms. The highest BCUT2D eigenvalue weighted by Crippen LogP contribution is 2.10. The van der Waals surface area contributed by atoms with Crippen LogP contribution in [0.1, 0.15) is 17.5 Å². The number of nitrogens with zero attached hydrogens (tertiary/aromatic N) is 1. The van der Waals surface area contributed by atoms with E-state index in [9.17, 15) is 4.79 Å². The molecule has 0 aliphatic rings. The van der Waals surface area contributed by atoms with Gasteiger partial charge in [-0.3, -0.25) is 4.79 Å². The van der Waals surface area contributed by atoms with Crippen molar-refractivity contribution in [3.63, 3.8) is 0 Å². The first kappa shape index (κ1) is 14.6. The molecule has 4 heteroatoms. The monoisotopic (exact) mass is 279 g/mol. The van der Waals surface area contributed by atoms with Crippen LogP contribution in [0.5, 0.6) is 0 Å². The first-order valence-corrected chi connectivity index (χ1v) is 6.78. The van der Waals surface area contributed by atoms with Gasteiger partial charge in [-0.25, -0.2) is 0 Å². The van der Waals surface area contributed by atoms with Crippen molar-refractivity contribution in [1.82, 2.24) is 0 Å². The molecule has 2 aromatic carbocycles. The normalized spacial score (nSPS) is 9.71. The summed E-state index contributed by atoms with van der Waals surface area (Å²) >= 11 is 0. The summed E-state index contributed by atoms with van der Waals surface area (Å²) in [6.07, 6.45) is 0.383. The highest BCUT2D eigenvalue weighted by Gasteiger charge is 2.02. The van der Waals surface area contributed by atoms with Gasteiger partial charge in [0.15, 0.2) is 0 Å². The summed E-state index contributed by atoms with van der Waals surface area (Å²) < 4.78 is 0. The van der Waals surface area contributed by atoms with Crippen LogP contribution in [-0.4, -0.2) is 12.5 Å². The molecule has 0 heterocycles. The van der Waals surface area contributed by atoms with E-state index in [2.05, 4.69) is 10.6 Å². The Hall–Kier alpha value is -2.80. The molecule has 2 rings (SSSR count). The van der Waals surface area contributed by atoms with Crippen molar-refractivity contribution in [2.45, 2.75) is 13.3 Å². The Balaban J connectivity index is 1.76. The van der Waals surface area contributed by atoms with E-state index < -0.39 is 0 Å². The molecule has 0 aliphatic carbocycles. The standard InChI is InChI=1S/C17H17N3O/c1-13-2-6-15(7-3-13)19-11-10-17(21)20-16-8-4-14(12-18)5-9-16/h2-9,19H,10-11H2,1H3,(H,20,21). The molecule has 0 aromatic heterocycles. The second kappa shape index (κ2) is 7.11. The summed E-state index contributed by atoms with van der Waals surface area (Å²) in [5, 5.41) is 14.7. The van der Waals surface area contributed by atoms with Crippen molar-refractivity contribution in [3.05, 3.63) is 59.7 Å². The number of rotatable bonds is 5. The van der Waals surface area contributed by atoms with E-state index in [-0.39, 0.29) is 5.91 Å². The summed E-state index contributed by atoms with van der Waals surface area (Å²) in [7, 11) is 0. The van der Waals surface area contributed by atoms with Crippen LogP contribution in [0.15, 0.2) is 48.5 Å². The Kier molecular flexibility index (Phi) is 4.94. The minimum absolute atomic E-state index is 0.0562. The molecule has 2 aromatic rings. The minimum atomic E-state index is -0.0562.